The zero-order chi connectivity index (χ0) is 22.1. The number of ether oxygens (including phenoxy) is 1. The minimum absolute atomic E-state index is 0.00331. The summed E-state index contributed by atoms with van der Waals surface area (Å²) in [4.78, 5) is 23.1. The van der Waals surface area contributed by atoms with E-state index in [2.05, 4.69) is 24.5 Å². The van der Waals surface area contributed by atoms with E-state index >= 15 is 0 Å². The predicted molar refractivity (Wildman–Crippen MR) is 106 cm³/mol. The average molecular weight is 415 g/mol. The van der Waals surface area contributed by atoms with Crippen molar-refractivity contribution in [3.63, 3.8) is 0 Å². The second kappa shape index (κ2) is 16.9. The first-order chi connectivity index (χ1) is 12.4. The Morgan fingerprint density at radius 3 is 2.00 bits per heavy atom. The lowest BCUT2D eigenvalue weighted by atomic mass is 9.87. The van der Waals surface area contributed by atoms with E-state index in [1.54, 1.807) is 13.8 Å². The average Bonchev–Trinajstić information content (AvgIpc) is 2.55. The lowest BCUT2D eigenvalue weighted by molar-refractivity contribution is -0.137. The molecule has 164 valence electrons. The molecule has 1 atom stereocenters. The van der Waals surface area contributed by atoms with E-state index in [0.29, 0.717) is 0 Å². The van der Waals surface area contributed by atoms with Crippen molar-refractivity contribution in [2.75, 3.05) is 32.6 Å². The van der Waals surface area contributed by atoms with E-state index < -0.39 is 39.2 Å². The second-order valence-electron chi connectivity index (χ2n) is 6.21. The molecule has 0 aromatic heterocycles. The van der Waals surface area contributed by atoms with Gasteiger partial charge >= 0.3 is 0 Å². The van der Waals surface area contributed by atoms with E-state index in [1.807, 2.05) is 13.8 Å². The molecule has 2 amide bonds. The third-order valence-corrected chi connectivity index (χ3v) is 3.56. The van der Waals surface area contributed by atoms with Crippen molar-refractivity contribution >= 4 is 21.9 Å². The molecule has 0 unspecified atom stereocenters. The van der Waals surface area contributed by atoms with Crippen molar-refractivity contribution in [3.05, 3.63) is 0 Å². The second-order valence-corrected chi connectivity index (χ2v) is 7.78. The normalized spacial score (nSPS) is 11.9. The molecule has 0 aliphatic carbocycles. The highest BCUT2D eigenvalue weighted by Crippen LogP contribution is 2.20. The van der Waals surface area contributed by atoms with Crippen molar-refractivity contribution in [1.82, 2.24) is 10.6 Å². The molecule has 4 N–H and O–H groups in total. The van der Waals surface area contributed by atoms with E-state index in [9.17, 15) is 23.1 Å². The molecule has 0 saturated carbocycles. The van der Waals surface area contributed by atoms with Gasteiger partial charge < -0.3 is 20.5 Å². The van der Waals surface area contributed by atoms with Gasteiger partial charge in [-0.05, 0) is 0 Å². The Hall–Kier alpha value is -1.23. The standard InChI is InChI=1S/C12H24N2O7S.C3H8.C2H6/c1-12(2,8-21-3)10(16)11(17)14-5-4-9(15)13-6-7-22(18,19)20;1-3-2;1-2/h10,16H,4-8H2,1-3H3,(H,13,15)(H,14,17)(H,18,19,20);3H2,1-2H3;1-2H3/t10-;;/m0../s1. The first kappa shape index (κ1) is 30.5. The van der Waals surface area contributed by atoms with Gasteiger partial charge in [-0.2, -0.15) is 8.42 Å². The van der Waals surface area contributed by atoms with Crippen LogP contribution in [0.25, 0.3) is 0 Å². The summed E-state index contributed by atoms with van der Waals surface area (Å²) >= 11 is 0. The van der Waals surface area contributed by atoms with Gasteiger partial charge in [0.05, 0.1) is 12.4 Å². The Kier molecular flexibility index (Phi) is 19.1. The van der Waals surface area contributed by atoms with Gasteiger partial charge in [0.25, 0.3) is 10.1 Å². The van der Waals surface area contributed by atoms with Crippen LogP contribution in [-0.4, -0.2) is 68.6 Å². The summed E-state index contributed by atoms with van der Waals surface area (Å²) < 4.78 is 34.3. The highest BCUT2D eigenvalue weighted by molar-refractivity contribution is 7.85. The summed E-state index contributed by atoms with van der Waals surface area (Å²) in [6.45, 7) is 11.6. The molecule has 10 heteroatoms. The number of carbonyl (C=O) groups is 2. The maximum atomic E-state index is 11.7. The number of rotatable bonds is 10. The van der Waals surface area contributed by atoms with E-state index in [-0.39, 0.29) is 26.1 Å². The maximum Gasteiger partial charge on any atom is 0.266 e. The third kappa shape index (κ3) is 19.3. The summed E-state index contributed by atoms with van der Waals surface area (Å²) in [5, 5.41) is 14.6. The van der Waals surface area contributed by atoms with Crippen LogP contribution in [0.15, 0.2) is 0 Å². The van der Waals surface area contributed by atoms with Crippen molar-refractivity contribution in [3.8, 4) is 0 Å². The molecular weight excluding hydrogens is 376 g/mol. The molecule has 0 aliphatic rings. The highest BCUT2D eigenvalue weighted by atomic mass is 32.2. The zero-order valence-corrected chi connectivity index (χ0v) is 18.5. The fraction of sp³-hybridized carbons (Fsp3) is 0.882. The van der Waals surface area contributed by atoms with Crippen LogP contribution in [0.5, 0.6) is 0 Å². The lowest BCUT2D eigenvalue weighted by Gasteiger charge is -2.28. The Morgan fingerprint density at radius 1 is 1.11 bits per heavy atom. The van der Waals surface area contributed by atoms with Crippen LogP contribution in [0.3, 0.4) is 0 Å². The van der Waals surface area contributed by atoms with Crippen molar-refractivity contribution in [2.24, 2.45) is 5.41 Å². The number of carbonyl (C=O) groups excluding carboxylic acids is 2. The fourth-order valence-electron chi connectivity index (χ4n) is 1.61. The first-order valence-corrected chi connectivity index (χ1v) is 10.7. The molecule has 0 aromatic rings. The molecule has 0 aromatic carbocycles. The van der Waals surface area contributed by atoms with Crippen LogP contribution in [0.2, 0.25) is 0 Å². The topological polar surface area (TPSA) is 142 Å². The molecule has 0 aliphatic heterocycles. The predicted octanol–water partition coefficient (Wildman–Crippen LogP) is 0.973. The summed E-state index contributed by atoms with van der Waals surface area (Å²) in [7, 11) is -2.65. The van der Waals surface area contributed by atoms with E-state index in [1.165, 1.54) is 13.5 Å². The van der Waals surface area contributed by atoms with Gasteiger partial charge in [0.1, 0.15) is 6.10 Å². The number of hydrogen-bond donors (Lipinski definition) is 4. The Labute approximate surface area is 164 Å². The summed E-state index contributed by atoms with van der Waals surface area (Å²) in [5.74, 6) is -1.67. The van der Waals surface area contributed by atoms with Gasteiger partial charge in [0.15, 0.2) is 0 Å². The molecule has 0 radical (unpaired) electrons. The van der Waals surface area contributed by atoms with E-state index in [0.717, 1.165) is 0 Å². The van der Waals surface area contributed by atoms with Gasteiger partial charge in [0.2, 0.25) is 11.8 Å². The smallest absolute Gasteiger partial charge is 0.266 e. The number of amides is 2. The monoisotopic (exact) mass is 414 g/mol. The van der Waals surface area contributed by atoms with E-state index in [4.69, 9.17) is 9.29 Å². The van der Waals surface area contributed by atoms with Gasteiger partial charge in [-0.3, -0.25) is 14.1 Å². The molecule has 0 saturated heterocycles. The van der Waals surface area contributed by atoms with Gasteiger partial charge in [-0.1, -0.05) is 48.0 Å². The van der Waals surface area contributed by atoms with Crippen molar-refractivity contribution in [1.29, 1.82) is 0 Å². The van der Waals surface area contributed by atoms with Crippen LogP contribution in [-0.2, 0) is 24.4 Å². The Balaban J connectivity index is -0.00000104. The molecule has 0 spiro atoms. The quantitative estimate of drug-likeness (QED) is 0.390. The van der Waals surface area contributed by atoms with Crippen molar-refractivity contribution in [2.45, 2.75) is 60.5 Å². The largest absolute Gasteiger partial charge is 0.384 e. The Bertz CT molecular complexity index is 494. The molecule has 27 heavy (non-hydrogen) atoms. The molecule has 9 nitrogen and oxygen atoms in total. The van der Waals surface area contributed by atoms with Crippen molar-refractivity contribution < 1.29 is 32.4 Å². The number of aliphatic hydroxyl groups excluding tert-OH is 1. The summed E-state index contributed by atoms with van der Waals surface area (Å²) in [5.41, 5.74) is -0.767. The zero-order valence-electron chi connectivity index (χ0n) is 17.7. The fourth-order valence-corrected chi connectivity index (χ4v) is 1.97. The van der Waals surface area contributed by atoms with Gasteiger partial charge in [0, 0.05) is 32.0 Å². The highest BCUT2D eigenvalue weighted by Gasteiger charge is 2.33. The minimum Gasteiger partial charge on any atom is -0.384 e. The Morgan fingerprint density at radius 2 is 1.59 bits per heavy atom. The lowest BCUT2D eigenvalue weighted by Crippen LogP contribution is -2.46. The van der Waals surface area contributed by atoms with Gasteiger partial charge in [-0.25, -0.2) is 0 Å². The summed E-state index contributed by atoms with van der Waals surface area (Å²) in [6, 6.07) is 0. The number of aliphatic hydroxyl groups is 1. The number of methoxy groups -OCH3 is 1. The van der Waals surface area contributed by atoms with Crippen LogP contribution < -0.4 is 10.6 Å². The number of nitrogens with one attached hydrogen (secondary N) is 2. The van der Waals surface area contributed by atoms with Gasteiger partial charge in [-0.15, -0.1) is 0 Å². The first-order valence-electron chi connectivity index (χ1n) is 9.07. The maximum absolute atomic E-state index is 11.7. The molecular formula is C17H38N2O7S. The van der Waals surface area contributed by atoms with Crippen LogP contribution >= 0.6 is 0 Å². The molecule has 0 rings (SSSR count). The summed E-state index contributed by atoms with van der Waals surface area (Å²) in [6.07, 6.45) is -0.107. The minimum atomic E-state index is -4.12. The molecule has 0 fully saturated rings. The van der Waals surface area contributed by atoms with Crippen LogP contribution in [0.1, 0.15) is 54.4 Å². The SMILES string of the molecule is CC.CCC.COCC(C)(C)[C@@H](O)C(=O)NCCC(=O)NCCS(=O)(=O)O. The van der Waals surface area contributed by atoms with Crippen LogP contribution in [0.4, 0.5) is 0 Å². The van der Waals surface area contributed by atoms with Crippen LogP contribution in [0, 0.1) is 5.41 Å². The number of hydrogen-bond acceptors (Lipinski definition) is 6. The molecule has 0 bridgehead atoms. The third-order valence-electron chi connectivity index (χ3n) is 2.84. The molecule has 0 heterocycles.